The molecule has 1 aromatic rings. The minimum Gasteiger partial charge on any atom is -0.330 e. The van der Waals surface area contributed by atoms with Crippen LogP contribution in [0, 0.1) is 5.92 Å². The molecule has 0 saturated heterocycles. The van der Waals surface area contributed by atoms with Crippen molar-refractivity contribution in [1.82, 2.24) is 13.9 Å². The fourth-order valence-corrected chi connectivity index (χ4v) is 3.04. The van der Waals surface area contributed by atoms with Crippen molar-refractivity contribution in [2.24, 2.45) is 25.7 Å². The highest BCUT2D eigenvalue weighted by Crippen LogP contribution is 2.04. The third-order valence-electron chi connectivity index (χ3n) is 3.27. The molecule has 1 unspecified atom stereocenters. The summed E-state index contributed by atoms with van der Waals surface area (Å²) in [6.07, 6.45) is 2.46. The number of nitrogens with zero attached hydrogens (tertiary/aromatic N) is 2. The van der Waals surface area contributed by atoms with E-state index >= 15 is 0 Å². The molecule has 8 nitrogen and oxygen atoms in total. The highest BCUT2D eigenvalue weighted by molar-refractivity contribution is 7.89. The zero-order valence-corrected chi connectivity index (χ0v) is 13.3. The molecule has 0 fully saturated rings. The summed E-state index contributed by atoms with van der Waals surface area (Å²) in [6.45, 7) is 2.75. The molecule has 0 radical (unpaired) electrons. The van der Waals surface area contributed by atoms with E-state index in [1.165, 1.54) is 14.1 Å². The Hall–Kier alpha value is -1.45. The maximum Gasteiger partial charge on any atom is 0.330 e. The number of aryl methyl sites for hydroxylation is 1. The van der Waals surface area contributed by atoms with Crippen molar-refractivity contribution in [3.63, 3.8) is 0 Å². The Morgan fingerprint density at radius 2 is 1.95 bits per heavy atom. The van der Waals surface area contributed by atoms with Gasteiger partial charge in [-0.05, 0) is 25.3 Å². The van der Waals surface area contributed by atoms with Gasteiger partial charge < -0.3 is 10.3 Å². The monoisotopic (exact) mass is 318 g/mol. The van der Waals surface area contributed by atoms with Crippen LogP contribution in [-0.4, -0.2) is 30.6 Å². The van der Waals surface area contributed by atoms with Gasteiger partial charge in [0.15, 0.2) is 4.90 Å². The number of sulfonamides is 1. The molecule has 0 aliphatic carbocycles. The average Bonchev–Trinajstić information content (AvgIpc) is 2.44. The Bertz CT molecular complexity index is 705. The summed E-state index contributed by atoms with van der Waals surface area (Å²) >= 11 is 0. The van der Waals surface area contributed by atoms with Gasteiger partial charge in [-0.1, -0.05) is 6.92 Å². The normalized spacial score (nSPS) is 13.3. The molecule has 0 aliphatic heterocycles. The Balaban J connectivity index is 2.90. The van der Waals surface area contributed by atoms with Crippen molar-refractivity contribution in [1.29, 1.82) is 0 Å². The molecule has 9 heteroatoms. The predicted octanol–water partition coefficient (Wildman–Crippen LogP) is -1.26. The van der Waals surface area contributed by atoms with Crippen LogP contribution >= 0.6 is 0 Å². The minimum atomic E-state index is -3.93. The van der Waals surface area contributed by atoms with E-state index in [4.69, 9.17) is 5.73 Å². The second kappa shape index (κ2) is 7.01. The molecule has 1 rings (SSSR count). The third kappa shape index (κ3) is 4.26. The standard InChI is InChI=1S/C12H22N4O4S/c1-9(7-13)5-4-6-14-21(19,20)10-8-15(2)12(18)16(3)11(10)17/h8-9,14H,4-7,13H2,1-3H3. The lowest BCUT2D eigenvalue weighted by Crippen LogP contribution is -2.41. The topological polar surface area (TPSA) is 116 Å². The van der Waals surface area contributed by atoms with Gasteiger partial charge in [0.05, 0.1) is 0 Å². The van der Waals surface area contributed by atoms with Crippen molar-refractivity contribution < 1.29 is 8.42 Å². The molecule has 0 amide bonds. The Kier molecular flexibility index (Phi) is 5.87. The lowest BCUT2D eigenvalue weighted by molar-refractivity contribution is 0.512. The van der Waals surface area contributed by atoms with E-state index in [1.54, 1.807) is 0 Å². The molecule has 0 bridgehead atoms. The van der Waals surface area contributed by atoms with E-state index in [-0.39, 0.29) is 6.54 Å². The van der Waals surface area contributed by atoms with Crippen molar-refractivity contribution >= 4 is 10.0 Å². The molecule has 21 heavy (non-hydrogen) atoms. The summed E-state index contributed by atoms with van der Waals surface area (Å²) in [5, 5.41) is 0. The molecule has 0 spiro atoms. The fraction of sp³-hybridized carbons (Fsp3) is 0.667. The molecule has 0 aliphatic rings. The van der Waals surface area contributed by atoms with Gasteiger partial charge in [0.25, 0.3) is 5.56 Å². The third-order valence-corrected chi connectivity index (χ3v) is 4.72. The van der Waals surface area contributed by atoms with E-state index in [1.807, 2.05) is 6.92 Å². The van der Waals surface area contributed by atoms with Crippen molar-refractivity contribution in [2.45, 2.75) is 24.7 Å². The van der Waals surface area contributed by atoms with Crippen LogP contribution in [0.2, 0.25) is 0 Å². The molecule has 0 saturated carbocycles. The average molecular weight is 318 g/mol. The first-order valence-electron chi connectivity index (χ1n) is 6.67. The first-order valence-corrected chi connectivity index (χ1v) is 8.15. The SMILES string of the molecule is CC(CN)CCCNS(=O)(=O)c1cn(C)c(=O)n(C)c1=O. The summed E-state index contributed by atoms with van der Waals surface area (Å²) in [5.41, 5.74) is 4.08. The number of nitrogens with one attached hydrogen (secondary N) is 1. The van der Waals surface area contributed by atoms with E-state index in [9.17, 15) is 18.0 Å². The molecule has 1 aromatic heterocycles. The first-order chi connectivity index (χ1) is 9.70. The van der Waals surface area contributed by atoms with Gasteiger partial charge in [0, 0.05) is 26.8 Å². The fourth-order valence-electron chi connectivity index (χ4n) is 1.81. The van der Waals surface area contributed by atoms with Gasteiger partial charge in [-0.3, -0.25) is 9.36 Å². The maximum absolute atomic E-state index is 12.1. The van der Waals surface area contributed by atoms with Crippen molar-refractivity contribution in [3.8, 4) is 0 Å². The van der Waals surface area contributed by atoms with Crippen LogP contribution in [0.3, 0.4) is 0 Å². The van der Waals surface area contributed by atoms with Gasteiger partial charge >= 0.3 is 5.69 Å². The van der Waals surface area contributed by atoms with Crippen LogP contribution in [0.25, 0.3) is 0 Å². The highest BCUT2D eigenvalue weighted by Gasteiger charge is 2.20. The number of rotatable bonds is 7. The van der Waals surface area contributed by atoms with Gasteiger partial charge in [-0.15, -0.1) is 0 Å². The second-order valence-corrected chi connectivity index (χ2v) is 6.87. The maximum atomic E-state index is 12.1. The van der Waals surface area contributed by atoms with Gasteiger partial charge in [0.2, 0.25) is 10.0 Å². The lowest BCUT2D eigenvalue weighted by atomic mass is 10.1. The molecular formula is C12H22N4O4S. The van der Waals surface area contributed by atoms with Crippen LogP contribution in [0.1, 0.15) is 19.8 Å². The van der Waals surface area contributed by atoms with Crippen molar-refractivity contribution in [3.05, 3.63) is 27.0 Å². The number of hydrogen-bond acceptors (Lipinski definition) is 5. The zero-order chi connectivity index (χ0) is 16.2. The molecule has 120 valence electrons. The molecule has 1 heterocycles. The Labute approximate surface area is 123 Å². The van der Waals surface area contributed by atoms with Crippen LogP contribution in [0.5, 0.6) is 0 Å². The summed E-state index contributed by atoms with van der Waals surface area (Å²) in [4.78, 5) is 23.0. The van der Waals surface area contributed by atoms with E-state index in [0.717, 1.165) is 21.8 Å². The summed E-state index contributed by atoms with van der Waals surface area (Å²) in [5.74, 6) is 0.319. The quantitative estimate of drug-likeness (QED) is 0.609. The first kappa shape index (κ1) is 17.6. The smallest absolute Gasteiger partial charge is 0.330 e. The highest BCUT2D eigenvalue weighted by atomic mass is 32.2. The molecular weight excluding hydrogens is 296 g/mol. The van der Waals surface area contributed by atoms with Crippen LogP contribution < -0.4 is 21.7 Å². The molecule has 3 N–H and O–H groups in total. The van der Waals surface area contributed by atoms with Crippen LogP contribution in [0.15, 0.2) is 20.7 Å². The van der Waals surface area contributed by atoms with Crippen LogP contribution in [-0.2, 0) is 24.1 Å². The van der Waals surface area contributed by atoms with E-state index in [2.05, 4.69) is 4.72 Å². The number of hydrogen-bond donors (Lipinski definition) is 2. The van der Waals surface area contributed by atoms with Gasteiger partial charge in [-0.2, -0.15) is 0 Å². The predicted molar refractivity (Wildman–Crippen MR) is 79.6 cm³/mol. The Morgan fingerprint density at radius 3 is 2.52 bits per heavy atom. The number of nitrogens with two attached hydrogens (primary N) is 1. The second-order valence-electron chi connectivity index (χ2n) is 5.13. The van der Waals surface area contributed by atoms with Crippen LogP contribution in [0.4, 0.5) is 0 Å². The Morgan fingerprint density at radius 1 is 1.33 bits per heavy atom. The molecule has 1 atom stereocenters. The minimum absolute atomic E-state index is 0.221. The van der Waals surface area contributed by atoms with Gasteiger partial charge in [-0.25, -0.2) is 17.9 Å². The lowest BCUT2D eigenvalue weighted by Gasteiger charge is -2.10. The largest absolute Gasteiger partial charge is 0.330 e. The van der Waals surface area contributed by atoms with E-state index < -0.39 is 26.2 Å². The molecule has 0 aromatic carbocycles. The number of aromatic nitrogens is 2. The summed E-state index contributed by atoms with van der Waals surface area (Å²) < 4.78 is 28.4. The zero-order valence-electron chi connectivity index (χ0n) is 12.5. The van der Waals surface area contributed by atoms with Crippen molar-refractivity contribution in [2.75, 3.05) is 13.1 Å². The summed E-state index contributed by atoms with van der Waals surface area (Å²) in [7, 11) is -1.30. The van der Waals surface area contributed by atoms with E-state index in [0.29, 0.717) is 18.9 Å². The summed E-state index contributed by atoms with van der Waals surface area (Å²) in [6, 6.07) is 0. The van der Waals surface area contributed by atoms with Gasteiger partial charge in [0.1, 0.15) is 0 Å².